The molecule has 0 N–H and O–H groups in total. The number of benzene rings is 7. The highest BCUT2D eigenvalue weighted by Gasteiger charge is 2.52. The fourth-order valence-electron chi connectivity index (χ4n) is 12.0. The van der Waals surface area contributed by atoms with Crippen LogP contribution in [0, 0.1) is 0 Å². The molecule has 0 amide bonds. The molecule has 0 saturated carbocycles. The van der Waals surface area contributed by atoms with Gasteiger partial charge < -0.3 is 18.2 Å². The van der Waals surface area contributed by atoms with Gasteiger partial charge in [-0.2, -0.15) is 0 Å². The molecule has 0 spiro atoms. The molecule has 3 heterocycles. The molecule has 324 valence electrons. The molecule has 0 bridgehead atoms. The minimum Gasteiger partial charge on any atom is -0.456 e. The highest BCUT2D eigenvalue weighted by molar-refractivity contribution is 6.23. The Morgan fingerprint density at radius 3 is 2.09 bits per heavy atom. The van der Waals surface area contributed by atoms with Crippen molar-refractivity contribution in [2.75, 3.05) is 4.90 Å². The van der Waals surface area contributed by atoms with Crippen molar-refractivity contribution in [2.45, 2.75) is 58.3 Å². The smallest absolute Gasteiger partial charge is 0.159 e. The van der Waals surface area contributed by atoms with Crippen molar-refractivity contribution in [1.82, 2.24) is 0 Å². The molecule has 0 aliphatic heterocycles. The summed E-state index contributed by atoms with van der Waals surface area (Å²) in [5.74, 6) is 1.77. The van der Waals surface area contributed by atoms with Crippen molar-refractivity contribution < 1.29 is 13.3 Å². The largest absolute Gasteiger partial charge is 0.456 e. The van der Waals surface area contributed by atoms with Gasteiger partial charge in [0.1, 0.15) is 28.3 Å². The minimum atomic E-state index is -0.285. The van der Waals surface area contributed by atoms with Crippen LogP contribution in [-0.2, 0) is 17.3 Å². The van der Waals surface area contributed by atoms with Crippen molar-refractivity contribution in [3.05, 3.63) is 203 Å². The Labute approximate surface area is 390 Å². The van der Waals surface area contributed by atoms with Crippen molar-refractivity contribution >= 4 is 90.3 Å². The van der Waals surface area contributed by atoms with Gasteiger partial charge in [0.15, 0.2) is 5.58 Å². The zero-order valence-electron chi connectivity index (χ0n) is 38.5. The van der Waals surface area contributed by atoms with E-state index in [4.69, 9.17) is 13.3 Å². The summed E-state index contributed by atoms with van der Waals surface area (Å²) in [5.41, 5.74) is 21.2. The number of anilines is 3. The highest BCUT2D eigenvalue weighted by atomic mass is 16.3. The van der Waals surface area contributed by atoms with Gasteiger partial charge in [-0.15, -0.1) is 0 Å². The van der Waals surface area contributed by atoms with E-state index < -0.39 is 0 Å². The summed E-state index contributed by atoms with van der Waals surface area (Å²) >= 11 is 0. The Morgan fingerprint density at radius 1 is 0.612 bits per heavy atom. The quantitative estimate of drug-likeness (QED) is 0.160. The second-order valence-electron chi connectivity index (χ2n) is 19.4. The van der Waals surface area contributed by atoms with Crippen LogP contribution in [0.2, 0.25) is 0 Å². The topological polar surface area (TPSA) is 42.7 Å². The lowest BCUT2D eigenvalue weighted by atomic mass is 9.73. The van der Waals surface area contributed by atoms with Crippen LogP contribution >= 0.6 is 0 Å². The maximum absolute atomic E-state index is 7.03. The van der Waals surface area contributed by atoms with E-state index in [0.717, 1.165) is 96.8 Å². The van der Waals surface area contributed by atoms with Crippen LogP contribution in [0.5, 0.6) is 0 Å². The van der Waals surface area contributed by atoms with E-state index in [1.165, 1.54) is 55.3 Å². The normalized spacial score (nSPS) is 15.5. The number of hydrogen-bond acceptors (Lipinski definition) is 4. The first-order valence-corrected chi connectivity index (χ1v) is 23.5. The van der Waals surface area contributed by atoms with Gasteiger partial charge in [0, 0.05) is 60.4 Å². The van der Waals surface area contributed by atoms with E-state index >= 15 is 0 Å². The van der Waals surface area contributed by atoms with Gasteiger partial charge in [-0.05, 0) is 131 Å². The third-order valence-corrected chi connectivity index (χ3v) is 15.0. The highest BCUT2D eigenvalue weighted by Crippen LogP contribution is 2.66. The molecule has 67 heavy (non-hydrogen) atoms. The van der Waals surface area contributed by atoms with Gasteiger partial charge in [-0.25, -0.2) is 0 Å². The number of aryl methyl sites for hydroxylation is 1. The van der Waals surface area contributed by atoms with E-state index in [2.05, 4.69) is 197 Å². The molecule has 10 aromatic rings. The second-order valence-corrected chi connectivity index (χ2v) is 19.4. The van der Waals surface area contributed by atoms with Crippen LogP contribution in [0.1, 0.15) is 85.9 Å². The molecule has 3 aliphatic rings. The van der Waals surface area contributed by atoms with Crippen LogP contribution in [-0.4, -0.2) is 0 Å². The summed E-state index contributed by atoms with van der Waals surface area (Å²) in [4.78, 5) is 2.30. The zero-order chi connectivity index (χ0) is 45.3. The summed E-state index contributed by atoms with van der Waals surface area (Å²) in [6, 6.07) is 50.3. The second kappa shape index (κ2) is 14.3. The lowest BCUT2D eigenvalue weighted by Gasteiger charge is -2.29. The predicted octanol–water partition coefficient (Wildman–Crippen LogP) is 18.0. The molecule has 3 aliphatic carbocycles. The SMILES string of the molecule is C=Cc1oc2c(N(c3ccc(-c4ccccc4)cc3)c3ccc(-c4cc5c(c6c4oc4ccccc46)C4=C(c6ccc7oc8c(c7c6C4(C)C)CCC=C8)C5(C)C)cc3)cccc2c1/C=C\C. The molecule has 3 aromatic heterocycles. The van der Waals surface area contributed by atoms with Gasteiger partial charge in [0.25, 0.3) is 0 Å². The average molecular weight is 868 g/mol. The molecule has 0 unspecified atom stereocenters. The Kier molecular flexibility index (Phi) is 8.46. The Hall–Kier alpha value is -7.82. The number of allylic oxidation sites excluding steroid dienone is 4. The van der Waals surface area contributed by atoms with E-state index in [1.54, 1.807) is 6.08 Å². The Morgan fingerprint density at radius 2 is 1.33 bits per heavy atom. The summed E-state index contributed by atoms with van der Waals surface area (Å²) in [7, 11) is 0. The molecule has 0 atom stereocenters. The Bertz CT molecular complexity index is 3800. The zero-order valence-corrected chi connectivity index (χ0v) is 38.5. The Balaban J connectivity index is 0.985. The van der Waals surface area contributed by atoms with Crippen LogP contribution in [0.3, 0.4) is 0 Å². The summed E-state index contributed by atoms with van der Waals surface area (Å²) in [6.07, 6.45) is 12.4. The number of hydrogen-bond donors (Lipinski definition) is 0. The average Bonchev–Trinajstić information content (AvgIpc) is 4.14. The number of para-hydroxylation sites is 2. The van der Waals surface area contributed by atoms with Gasteiger partial charge >= 0.3 is 0 Å². The van der Waals surface area contributed by atoms with Crippen LogP contribution in [0.15, 0.2) is 172 Å². The van der Waals surface area contributed by atoms with Crippen molar-refractivity contribution in [3.8, 4) is 22.3 Å². The monoisotopic (exact) mass is 867 g/mol. The van der Waals surface area contributed by atoms with Crippen molar-refractivity contribution in [2.24, 2.45) is 0 Å². The predicted molar refractivity (Wildman–Crippen MR) is 280 cm³/mol. The van der Waals surface area contributed by atoms with Gasteiger partial charge in [-0.3, -0.25) is 0 Å². The van der Waals surface area contributed by atoms with Crippen LogP contribution in [0.25, 0.3) is 95.5 Å². The fourth-order valence-corrected chi connectivity index (χ4v) is 12.0. The maximum Gasteiger partial charge on any atom is 0.159 e. The van der Waals surface area contributed by atoms with Gasteiger partial charge in [0.05, 0.1) is 5.69 Å². The first-order valence-electron chi connectivity index (χ1n) is 23.5. The molecule has 4 heteroatoms. The van der Waals surface area contributed by atoms with E-state index in [0.29, 0.717) is 0 Å². The first-order chi connectivity index (χ1) is 32.7. The third kappa shape index (κ3) is 5.53. The van der Waals surface area contributed by atoms with Crippen molar-refractivity contribution in [3.63, 3.8) is 0 Å². The molecular weight excluding hydrogens is 819 g/mol. The minimum absolute atomic E-state index is 0.278. The van der Waals surface area contributed by atoms with Gasteiger partial charge in [-0.1, -0.05) is 143 Å². The van der Waals surface area contributed by atoms with Gasteiger partial charge in [0.2, 0.25) is 0 Å². The number of rotatable bonds is 7. The molecule has 7 aromatic carbocycles. The van der Waals surface area contributed by atoms with Crippen molar-refractivity contribution in [1.29, 1.82) is 0 Å². The lowest BCUT2D eigenvalue weighted by Crippen LogP contribution is -2.20. The van der Waals surface area contributed by atoms with Crippen LogP contribution in [0.4, 0.5) is 17.1 Å². The third-order valence-electron chi connectivity index (χ3n) is 15.0. The number of nitrogens with zero attached hydrogens (tertiary/aromatic N) is 1. The molecule has 0 radical (unpaired) electrons. The molecular formula is C63H49NO3. The fraction of sp³-hybridized carbons (Fsp3) is 0.143. The molecule has 4 nitrogen and oxygen atoms in total. The standard InChI is InChI=1S/C63H49NO3/c1-7-17-42-43-22-16-23-49(60(43)66-50(42)8-2)64(40-30-26-38(27-31-40)37-18-10-9-11-19-37)41-32-28-39(29-33-41)47-36-48-56(55-45-21-13-15-25-52(45)67-61(47)55)59-58(62(48,3)4)46-34-35-53-54(57(46)63(59,5)6)44-20-12-14-24-51(44)65-53/h7-11,13-19,21-36H,2,12,20H2,1,3-6H3/b17-7-. The molecule has 13 rings (SSSR count). The maximum atomic E-state index is 7.03. The summed E-state index contributed by atoms with van der Waals surface area (Å²) in [6.45, 7) is 15.8. The molecule has 0 fully saturated rings. The van der Waals surface area contributed by atoms with Crippen LogP contribution < -0.4 is 4.90 Å². The van der Waals surface area contributed by atoms with E-state index in [-0.39, 0.29) is 10.8 Å². The number of furan rings is 3. The lowest BCUT2D eigenvalue weighted by molar-refractivity contribution is 0.595. The first kappa shape index (κ1) is 39.5. The van der Waals surface area contributed by atoms with E-state index in [9.17, 15) is 0 Å². The summed E-state index contributed by atoms with van der Waals surface area (Å²) < 4.78 is 20.2. The summed E-state index contributed by atoms with van der Waals surface area (Å²) in [5, 5.41) is 4.69. The number of fused-ring (bicyclic) bond motifs is 13. The van der Waals surface area contributed by atoms with E-state index in [1.807, 2.05) is 13.0 Å². The molecule has 0 saturated heterocycles.